The highest BCUT2D eigenvalue weighted by Gasteiger charge is 2.38. The second-order valence-electron chi connectivity index (χ2n) is 9.02. The van der Waals surface area contributed by atoms with E-state index < -0.39 is 48.5 Å². The van der Waals surface area contributed by atoms with Gasteiger partial charge in [0.2, 0.25) is 18.0 Å². The molecule has 196 valence electrons. The zero-order valence-electron chi connectivity index (χ0n) is 20.9. The number of fused-ring (bicyclic) bond motifs is 1. The van der Waals surface area contributed by atoms with E-state index in [2.05, 4.69) is 17.9 Å². The van der Waals surface area contributed by atoms with Crippen molar-refractivity contribution in [2.24, 2.45) is 16.6 Å². The van der Waals surface area contributed by atoms with Gasteiger partial charge in [-0.3, -0.25) is 19.3 Å². The van der Waals surface area contributed by atoms with Gasteiger partial charge < -0.3 is 21.1 Å². The molecule has 3 amide bonds. The maximum absolute atomic E-state index is 13.9. The molecular weight excluding hydrogens is 494 g/mol. The van der Waals surface area contributed by atoms with Gasteiger partial charge >= 0.3 is 5.97 Å². The average Bonchev–Trinajstić information content (AvgIpc) is 3.01. The number of carbonyl (C=O) groups excluding carboxylic acids is 3. The fourth-order valence-corrected chi connectivity index (χ4v) is 4.15. The number of benzene rings is 2. The lowest BCUT2D eigenvalue weighted by molar-refractivity contribution is -0.143. The molecule has 3 atom stereocenters. The molecule has 0 aliphatic carbocycles. The zero-order chi connectivity index (χ0) is 27.3. The molecule has 2 aromatic carbocycles. The Morgan fingerprint density at radius 2 is 1.76 bits per heavy atom. The van der Waals surface area contributed by atoms with Crippen molar-refractivity contribution in [2.45, 2.75) is 32.1 Å². The number of nitrogens with two attached hydrogens (primary N) is 1. The Kier molecular flexibility index (Phi) is 9.06. The standard InChI is InChI=1S/C26H31N5O5S/c1-15(2)21(26(35)36)28-20(32)13-31-19-12-8-7-11-17(19)22(16-9-5-4-6-10-16)29-23(25(31)34)30(3)24(33)18(27)14-37/h4-12,15,18,21,23,37H,13-14,27H2,1-3H3,(H,28,32)(H,35,36)/t18?,21-,23?/m0/s1. The van der Waals surface area contributed by atoms with Gasteiger partial charge in [0.1, 0.15) is 12.6 Å². The van der Waals surface area contributed by atoms with Crippen LogP contribution < -0.4 is 16.0 Å². The van der Waals surface area contributed by atoms with Crippen molar-refractivity contribution >= 4 is 47.7 Å². The fraction of sp³-hybridized carbons (Fsp3) is 0.346. The van der Waals surface area contributed by atoms with Gasteiger partial charge in [-0.1, -0.05) is 62.4 Å². The van der Waals surface area contributed by atoms with Crippen LogP contribution in [0.5, 0.6) is 0 Å². The number of anilines is 1. The Balaban J connectivity index is 2.11. The minimum Gasteiger partial charge on any atom is -0.480 e. The summed E-state index contributed by atoms with van der Waals surface area (Å²) in [5.41, 5.74) is 8.06. The average molecular weight is 526 g/mol. The van der Waals surface area contributed by atoms with Gasteiger partial charge in [-0.05, 0) is 12.0 Å². The molecule has 2 unspecified atom stereocenters. The summed E-state index contributed by atoms with van der Waals surface area (Å²) in [4.78, 5) is 58.5. The van der Waals surface area contributed by atoms with E-state index in [-0.39, 0.29) is 11.7 Å². The van der Waals surface area contributed by atoms with E-state index >= 15 is 0 Å². The van der Waals surface area contributed by atoms with E-state index in [0.717, 1.165) is 4.90 Å². The summed E-state index contributed by atoms with van der Waals surface area (Å²) in [6, 6.07) is 14.1. The minimum absolute atomic E-state index is 0.0669. The first-order valence-electron chi connectivity index (χ1n) is 11.8. The van der Waals surface area contributed by atoms with Crippen LogP contribution in [0.1, 0.15) is 25.0 Å². The third kappa shape index (κ3) is 6.17. The number of thiol groups is 1. The Morgan fingerprint density at radius 3 is 2.35 bits per heavy atom. The molecule has 4 N–H and O–H groups in total. The summed E-state index contributed by atoms with van der Waals surface area (Å²) in [7, 11) is 1.42. The van der Waals surface area contributed by atoms with E-state index in [9.17, 15) is 24.3 Å². The van der Waals surface area contributed by atoms with E-state index in [1.54, 1.807) is 38.1 Å². The first-order chi connectivity index (χ1) is 17.6. The van der Waals surface area contributed by atoms with Gasteiger partial charge in [-0.15, -0.1) is 0 Å². The summed E-state index contributed by atoms with van der Waals surface area (Å²) >= 11 is 4.10. The maximum Gasteiger partial charge on any atom is 0.326 e. The van der Waals surface area contributed by atoms with Gasteiger partial charge in [0.25, 0.3) is 5.91 Å². The summed E-state index contributed by atoms with van der Waals surface area (Å²) in [6.45, 7) is 2.88. The second-order valence-corrected chi connectivity index (χ2v) is 9.39. The molecule has 0 saturated carbocycles. The molecule has 1 aliphatic rings. The predicted octanol–water partition coefficient (Wildman–Crippen LogP) is 1.14. The molecule has 2 aromatic rings. The Morgan fingerprint density at radius 1 is 1.14 bits per heavy atom. The smallest absolute Gasteiger partial charge is 0.326 e. The minimum atomic E-state index is -1.32. The molecular formula is C26H31N5O5S. The van der Waals surface area contributed by atoms with Crippen molar-refractivity contribution < 1.29 is 24.3 Å². The topological polar surface area (TPSA) is 145 Å². The quantitative estimate of drug-likeness (QED) is 0.361. The van der Waals surface area contributed by atoms with E-state index in [0.29, 0.717) is 22.5 Å². The van der Waals surface area contributed by atoms with E-state index in [1.165, 1.54) is 11.9 Å². The summed E-state index contributed by atoms with van der Waals surface area (Å²) in [6.07, 6.45) is -1.32. The second kappa shape index (κ2) is 12.0. The molecule has 0 bridgehead atoms. The lowest BCUT2D eigenvalue weighted by atomic mass is 10.00. The number of carbonyl (C=O) groups is 4. The number of nitrogens with zero attached hydrogens (tertiary/aromatic N) is 3. The number of hydrogen-bond acceptors (Lipinski definition) is 7. The van der Waals surface area contributed by atoms with Crippen LogP contribution in [0.4, 0.5) is 5.69 Å². The van der Waals surface area contributed by atoms with Gasteiger partial charge in [0, 0.05) is 23.9 Å². The third-order valence-electron chi connectivity index (χ3n) is 6.01. The lowest BCUT2D eigenvalue weighted by Gasteiger charge is -2.30. The van der Waals surface area contributed by atoms with Crippen LogP contribution in [-0.2, 0) is 19.2 Å². The number of para-hydroxylation sites is 1. The van der Waals surface area contributed by atoms with Crippen LogP contribution in [0.25, 0.3) is 0 Å². The normalized spacial score (nSPS) is 16.8. The maximum atomic E-state index is 13.9. The lowest BCUT2D eigenvalue weighted by Crippen LogP contribution is -2.55. The highest BCUT2D eigenvalue weighted by Crippen LogP contribution is 2.29. The highest BCUT2D eigenvalue weighted by molar-refractivity contribution is 7.80. The van der Waals surface area contributed by atoms with Crippen LogP contribution in [0.2, 0.25) is 0 Å². The highest BCUT2D eigenvalue weighted by atomic mass is 32.1. The van der Waals surface area contributed by atoms with Crippen molar-refractivity contribution in [1.82, 2.24) is 10.2 Å². The summed E-state index contributed by atoms with van der Waals surface area (Å²) in [5, 5.41) is 12.0. The zero-order valence-corrected chi connectivity index (χ0v) is 21.8. The number of hydrogen-bond donors (Lipinski definition) is 4. The van der Waals surface area contributed by atoms with Gasteiger partial charge in [-0.25, -0.2) is 9.79 Å². The molecule has 37 heavy (non-hydrogen) atoms. The van der Waals surface area contributed by atoms with Crippen LogP contribution in [0, 0.1) is 5.92 Å². The van der Waals surface area contributed by atoms with Gasteiger partial charge in [-0.2, -0.15) is 12.6 Å². The predicted molar refractivity (Wildman–Crippen MR) is 144 cm³/mol. The molecule has 0 spiro atoms. The first-order valence-corrected chi connectivity index (χ1v) is 12.4. The Hall–Kier alpha value is -3.70. The van der Waals surface area contributed by atoms with Crippen LogP contribution in [-0.4, -0.2) is 77.0 Å². The molecule has 0 saturated heterocycles. The Bertz CT molecular complexity index is 1200. The first kappa shape index (κ1) is 27.9. The number of carboxylic acids is 1. The van der Waals surface area contributed by atoms with Crippen molar-refractivity contribution in [3.8, 4) is 0 Å². The number of rotatable bonds is 9. The number of benzodiazepines with no additional fused rings is 1. The summed E-state index contributed by atoms with van der Waals surface area (Å²) in [5.74, 6) is -3.31. The molecule has 1 aliphatic heterocycles. The number of aliphatic imine (C=N–C) groups is 1. The number of likely N-dealkylation sites (N-methyl/N-ethyl adjacent to an activating group) is 1. The van der Waals surface area contributed by atoms with Crippen molar-refractivity contribution in [1.29, 1.82) is 0 Å². The number of amides is 3. The van der Waals surface area contributed by atoms with E-state index in [4.69, 9.17) is 10.7 Å². The third-order valence-corrected chi connectivity index (χ3v) is 6.41. The van der Waals surface area contributed by atoms with Crippen molar-refractivity contribution in [3.05, 3.63) is 65.7 Å². The molecule has 0 aromatic heterocycles. The molecule has 11 heteroatoms. The van der Waals surface area contributed by atoms with Crippen LogP contribution in [0.3, 0.4) is 0 Å². The number of nitrogens with one attached hydrogen (secondary N) is 1. The van der Waals surface area contributed by atoms with E-state index in [1.807, 2.05) is 30.3 Å². The largest absolute Gasteiger partial charge is 0.480 e. The molecule has 0 radical (unpaired) electrons. The van der Waals surface area contributed by atoms with Gasteiger partial charge in [0.15, 0.2) is 0 Å². The number of aliphatic carboxylic acids is 1. The fourth-order valence-electron chi connectivity index (χ4n) is 3.99. The monoisotopic (exact) mass is 525 g/mol. The molecule has 1 heterocycles. The molecule has 10 nitrogen and oxygen atoms in total. The molecule has 0 fully saturated rings. The Labute approximate surface area is 220 Å². The molecule has 3 rings (SSSR count). The van der Waals surface area contributed by atoms with Crippen LogP contribution in [0.15, 0.2) is 59.6 Å². The van der Waals surface area contributed by atoms with Crippen molar-refractivity contribution in [2.75, 3.05) is 24.2 Å². The summed E-state index contributed by atoms with van der Waals surface area (Å²) < 4.78 is 0. The SMILES string of the molecule is CC(C)[C@H](NC(=O)CN1C(=O)C(N(C)C(=O)C(N)CS)N=C(c2ccccc2)c2ccccc21)C(=O)O. The van der Waals surface area contributed by atoms with Gasteiger partial charge in [0.05, 0.1) is 17.4 Å². The van der Waals surface area contributed by atoms with Crippen LogP contribution >= 0.6 is 12.6 Å². The number of carboxylic acid groups (broad SMARTS) is 1. The van der Waals surface area contributed by atoms with Crippen molar-refractivity contribution in [3.63, 3.8) is 0 Å².